The first-order chi connectivity index (χ1) is 23.2. The number of nitrogens with two attached hydrogens (primary N) is 1. The Morgan fingerprint density at radius 1 is 1.10 bits per heavy atom. The maximum Gasteiger partial charge on any atom is 0.422 e. The molecule has 1 aliphatic heterocycles. The number of fused-ring (bicyclic) bond motifs is 2. The highest BCUT2D eigenvalue weighted by Crippen LogP contribution is 2.44. The molecular weight excluding hydrogens is 655 g/mol. The number of halogens is 5. The first-order valence-corrected chi connectivity index (χ1v) is 15.6. The van der Waals surface area contributed by atoms with Crippen LogP contribution in [0.2, 0.25) is 0 Å². The minimum absolute atomic E-state index is 0.0404. The number of nitrogen functional groups attached to an aromatic ring is 1. The van der Waals surface area contributed by atoms with Crippen LogP contribution in [0.1, 0.15) is 44.6 Å². The van der Waals surface area contributed by atoms with E-state index in [4.69, 9.17) is 24.7 Å². The van der Waals surface area contributed by atoms with Gasteiger partial charge in [0.2, 0.25) is 0 Å². The summed E-state index contributed by atoms with van der Waals surface area (Å²) in [4.78, 5) is 21.5. The molecule has 49 heavy (non-hydrogen) atoms. The highest BCUT2D eigenvalue weighted by atomic mass is 19.4. The number of nitrogens with zero attached hydrogens (tertiary/aromatic N) is 3. The number of ether oxygens (including phenoxy) is 4. The summed E-state index contributed by atoms with van der Waals surface area (Å²) in [5, 5.41) is 11.7. The van der Waals surface area contributed by atoms with Crippen LogP contribution < -0.4 is 20.1 Å². The lowest BCUT2D eigenvalue weighted by Gasteiger charge is -2.38. The highest BCUT2D eigenvalue weighted by Gasteiger charge is 2.33. The molecule has 264 valence electrons. The van der Waals surface area contributed by atoms with Gasteiger partial charge in [0.25, 0.3) is 0 Å². The van der Waals surface area contributed by atoms with Crippen LogP contribution in [0.25, 0.3) is 32.8 Å². The van der Waals surface area contributed by atoms with Crippen LogP contribution in [0.5, 0.6) is 11.8 Å². The quantitative estimate of drug-likeness (QED) is 0.0561. The van der Waals surface area contributed by atoms with Crippen molar-refractivity contribution in [1.29, 1.82) is 0 Å². The molecule has 1 saturated heterocycles. The number of carbonyl (C=O) groups excluding carboxylic acids is 1. The average Bonchev–Trinajstić information content (AvgIpc) is 3.04. The molecule has 1 fully saturated rings. The second-order valence-corrected chi connectivity index (χ2v) is 12.2. The van der Waals surface area contributed by atoms with E-state index in [2.05, 4.69) is 9.97 Å². The van der Waals surface area contributed by atoms with Gasteiger partial charge in [0.1, 0.15) is 22.9 Å². The molecule has 3 aromatic carbocycles. The molecular formula is C34H37F5N4O6. The number of anilines is 2. The van der Waals surface area contributed by atoms with Crippen molar-refractivity contribution in [2.75, 3.05) is 51.3 Å². The van der Waals surface area contributed by atoms with Crippen molar-refractivity contribution in [2.45, 2.75) is 57.2 Å². The summed E-state index contributed by atoms with van der Waals surface area (Å²) in [7, 11) is 2.70. The van der Waals surface area contributed by atoms with E-state index in [-0.39, 0.29) is 71.0 Å². The largest absolute Gasteiger partial charge is 0.469 e. The third-order valence-electron chi connectivity index (χ3n) is 8.30. The lowest BCUT2D eigenvalue weighted by atomic mass is 9.90. The van der Waals surface area contributed by atoms with E-state index in [1.165, 1.54) is 38.5 Å². The third-order valence-corrected chi connectivity index (χ3v) is 8.30. The van der Waals surface area contributed by atoms with Gasteiger partial charge in [0, 0.05) is 43.3 Å². The summed E-state index contributed by atoms with van der Waals surface area (Å²) in [6.07, 6.45) is -2.61. The molecule has 0 aliphatic carbocycles. The molecule has 0 saturated carbocycles. The van der Waals surface area contributed by atoms with Crippen molar-refractivity contribution >= 4 is 39.1 Å². The van der Waals surface area contributed by atoms with E-state index in [0.29, 0.717) is 43.0 Å². The van der Waals surface area contributed by atoms with Crippen molar-refractivity contribution in [3.8, 4) is 22.9 Å². The number of hydrogen-bond donors (Lipinski definition) is 2. The van der Waals surface area contributed by atoms with Gasteiger partial charge < -0.3 is 34.7 Å². The van der Waals surface area contributed by atoms with Crippen LogP contribution in [0.15, 0.2) is 30.3 Å². The van der Waals surface area contributed by atoms with E-state index < -0.39 is 42.0 Å². The van der Waals surface area contributed by atoms with Crippen LogP contribution in [-0.4, -0.2) is 73.5 Å². The topological polar surface area (TPSA) is 129 Å². The Labute approximate surface area is 278 Å². The maximum atomic E-state index is 17.0. The number of aromatic nitrogens is 2. The van der Waals surface area contributed by atoms with Crippen LogP contribution >= 0.6 is 0 Å². The van der Waals surface area contributed by atoms with E-state index in [1.54, 1.807) is 17.9 Å². The fourth-order valence-electron chi connectivity index (χ4n) is 6.15. The van der Waals surface area contributed by atoms with Gasteiger partial charge in [0.15, 0.2) is 19.2 Å². The Morgan fingerprint density at radius 2 is 1.88 bits per heavy atom. The number of aliphatic hydroxyl groups is 1. The van der Waals surface area contributed by atoms with E-state index in [9.17, 15) is 23.1 Å². The van der Waals surface area contributed by atoms with Crippen molar-refractivity contribution < 1.29 is 50.8 Å². The lowest BCUT2D eigenvalue weighted by Crippen LogP contribution is -2.46. The third kappa shape index (κ3) is 8.21. The number of piperidine rings is 1. The SMILES string of the molecule is COCOc1cc(-c2c(N)cc3c(N4CCC[C@@](C)(O)C4)nc(OCC(F)(F)F)nc3c2F)c2c(CCCCC(=O)OC)c(F)ccc2c1. The van der Waals surface area contributed by atoms with Crippen molar-refractivity contribution in [1.82, 2.24) is 9.97 Å². The normalized spacial score (nSPS) is 16.7. The predicted octanol–water partition coefficient (Wildman–Crippen LogP) is 6.47. The molecule has 4 aromatic rings. The molecule has 3 N–H and O–H groups in total. The number of esters is 1. The standard InChI is InChI=1S/C34H37F5N4O6/c1-33(45)11-6-12-43(16-33)31-23-15-25(40)28(29(36)30(23)41-32(42-31)48-17-34(37,38)39)22-14-20(49-18-46-2)13-19-9-10-24(35)21(27(19)22)7-4-5-8-26(44)47-3/h9-10,13-15,45H,4-8,11-12,16-18,40H2,1-3H3/t33-/m1/s1. The average molecular weight is 693 g/mol. The molecule has 1 atom stereocenters. The lowest BCUT2D eigenvalue weighted by molar-refractivity contribution is -0.154. The number of aryl methyl sites for hydroxylation is 1. The number of benzene rings is 3. The van der Waals surface area contributed by atoms with Gasteiger partial charge in [0.05, 0.1) is 12.7 Å². The zero-order chi connectivity index (χ0) is 35.5. The minimum atomic E-state index is -4.73. The van der Waals surface area contributed by atoms with Gasteiger partial charge in [-0.25, -0.2) is 8.78 Å². The van der Waals surface area contributed by atoms with Gasteiger partial charge in [-0.1, -0.05) is 6.07 Å². The minimum Gasteiger partial charge on any atom is -0.469 e. The Balaban J connectivity index is 1.74. The fraction of sp³-hybridized carbons (Fsp3) is 0.441. The first kappa shape index (κ1) is 35.8. The Morgan fingerprint density at radius 3 is 2.57 bits per heavy atom. The summed E-state index contributed by atoms with van der Waals surface area (Å²) in [6.45, 7) is 0.168. The number of rotatable bonds is 12. The number of unbranched alkanes of at least 4 members (excludes halogenated alkanes) is 1. The van der Waals surface area contributed by atoms with Crippen LogP contribution in [0.3, 0.4) is 0 Å². The molecule has 2 heterocycles. The van der Waals surface area contributed by atoms with Gasteiger partial charge in [-0.05, 0) is 85.2 Å². The molecule has 1 aromatic heterocycles. The molecule has 0 radical (unpaired) electrons. The Hall–Kier alpha value is -4.50. The van der Waals surface area contributed by atoms with Gasteiger partial charge in [-0.2, -0.15) is 23.1 Å². The monoisotopic (exact) mass is 692 g/mol. The number of carbonyl (C=O) groups is 1. The summed E-state index contributed by atoms with van der Waals surface area (Å²) in [5.41, 5.74) is 5.13. The number of β-amino-alcohol motifs (C(OH)–C–C–N with tert-alkyl or cyclic N) is 1. The summed E-state index contributed by atoms with van der Waals surface area (Å²) < 4.78 is 92.4. The number of alkyl halides is 3. The highest BCUT2D eigenvalue weighted by molar-refractivity contribution is 6.06. The van der Waals surface area contributed by atoms with Crippen molar-refractivity contribution in [2.24, 2.45) is 0 Å². The summed E-state index contributed by atoms with van der Waals surface area (Å²) >= 11 is 0. The van der Waals surface area contributed by atoms with Gasteiger partial charge in [-0.3, -0.25) is 4.79 Å². The van der Waals surface area contributed by atoms with Crippen LogP contribution in [-0.2, 0) is 20.7 Å². The molecule has 0 spiro atoms. The second kappa shape index (κ2) is 14.5. The number of hydrogen-bond acceptors (Lipinski definition) is 10. The van der Waals surface area contributed by atoms with Gasteiger partial charge in [-0.15, -0.1) is 0 Å². The smallest absolute Gasteiger partial charge is 0.422 e. The van der Waals surface area contributed by atoms with Crippen molar-refractivity contribution in [3.05, 3.63) is 47.5 Å². The molecule has 5 rings (SSSR count). The second-order valence-electron chi connectivity index (χ2n) is 12.2. The predicted molar refractivity (Wildman–Crippen MR) is 173 cm³/mol. The van der Waals surface area contributed by atoms with Crippen LogP contribution in [0, 0.1) is 11.6 Å². The van der Waals surface area contributed by atoms with E-state index in [1.807, 2.05) is 0 Å². The van der Waals surface area contributed by atoms with Crippen molar-refractivity contribution in [3.63, 3.8) is 0 Å². The molecule has 0 unspecified atom stereocenters. The molecule has 1 aliphatic rings. The molecule has 15 heteroatoms. The fourth-order valence-corrected chi connectivity index (χ4v) is 6.15. The summed E-state index contributed by atoms with van der Waals surface area (Å²) in [5.74, 6) is -1.69. The van der Waals surface area contributed by atoms with Gasteiger partial charge >= 0.3 is 18.2 Å². The zero-order valence-corrected chi connectivity index (χ0v) is 27.3. The Bertz CT molecular complexity index is 1850. The van der Waals surface area contributed by atoms with Crippen LogP contribution in [0.4, 0.5) is 33.5 Å². The zero-order valence-electron chi connectivity index (χ0n) is 27.3. The Kier molecular flexibility index (Phi) is 10.6. The van der Waals surface area contributed by atoms with E-state index >= 15 is 8.78 Å². The van der Waals surface area contributed by atoms with E-state index in [0.717, 1.165) is 0 Å². The number of methoxy groups -OCH3 is 2. The molecule has 0 bridgehead atoms. The first-order valence-electron chi connectivity index (χ1n) is 15.6. The molecule has 10 nitrogen and oxygen atoms in total. The molecule has 0 amide bonds. The summed E-state index contributed by atoms with van der Waals surface area (Å²) in [6, 6.07) is 6.58. The maximum absolute atomic E-state index is 17.0.